The highest BCUT2D eigenvalue weighted by molar-refractivity contribution is 6.38. The van der Waals surface area contributed by atoms with E-state index in [0.717, 1.165) is 55.5 Å². The molecule has 72 heavy (non-hydrogen) atoms. The van der Waals surface area contributed by atoms with E-state index in [9.17, 15) is 80.3 Å². The van der Waals surface area contributed by atoms with Gasteiger partial charge in [0, 0.05) is 6.07 Å². The zero-order valence-corrected chi connectivity index (χ0v) is 37.7. The van der Waals surface area contributed by atoms with Crippen LogP contribution in [-0.2, 0) is 14.3 Å². The molecular weight excluding hydrogens is 976 g/mol. The van der Waals surface area contributed by atoms with Gasteiger partial charge in [0.1, 0.15) is 34.1 Å². The number of nitrogens with one attached hydrogen (secondary N) is 2. The summed E-state index contributed by atoms with van der Waals surface area (Å²) in [5.74, 6) is -11.7. The Bertz CT molecular complexity index is 3410. The van der Waals surface area contributed by atoms with Crippen LogP contribution in [0.1, 0.15) is 92.8 Å². The maximum absolute atomic E-state index is 13.5. The topological polar surface area (TPSA) is 351 Å². The number of aromatic nitrogens is 2. The number of hydrogen-bond acceptors (Lipinski definition) is 18. The number of benzene rings is 5. The van der Waals surface area contributed by atoms with Crippen LogP contribution in [-0.4, -0.2) is 77.5 Å². The van der Waals surface area contributed by atoms with E-state index in [4.69, 9.17) is 20.4 Å². The van der Waals surface area contributed by atoms with Gasteiger partial charge in [0.15, 0.2) is 57.5 Å². The average molecular weight is 1010 g/mol. The molecule has 21 nitrogen and oxygen atoms in total. The molecule has 0 aliphatic carbocycles. The SMILES string of the molecule is CC(=O)c1ccc(F)c(N)c1O.CC(=O)c1ccc(F)c([N+](=O)[O-])c1O.CC(=O)c1ccc(F)c2[nH]c(=O)oc12.CC(=O)c1ccc(F)cc1O.CCOC(=O)C(=O)CC(=O)c1ccc(F)c2[nH]c(=O)oc12. The summed E-state index contributed by atoms with van der Waals surface area (Å²) in [6.45, 7) is 6.55. The van der Waals surface area contributed by atoms with Gasteiger partial charge < -0.3 is 34.6 Å². The number of esters is 1. The number of aromatic amines is 2. The van der Waals surface area contributed by atoms with Crippen LogP contribution in [0.3, 0.4) is 0 Å². The van der Waals surface area contributed by atoms with E-state index in [2.05, 4.69) is 19.1 Å². The minimum absolute atomic E-state index is 0.00619. The number of ketones is 6. The molecule has 0 aliphatic heterocycles. The normalized spacial score (nSPS) is 10.2. The minimum Gasteiger partial charge on any atom is -0.507 e. The Morgan fingerprint density at radius 3 is 1.50 bits per heavy atom. The molecule has 2 heterocycles. The second kappa shape index (κ2) is 24.6. The van der Waals surface area contributed by atoms with Gasteiger partial charge in [0.2, 0.25) is 17.3 Å². The number of carbonyl (C=O) groups excluding carboxylic acids is 7. The first kappa shape index (κ1) is 56.7. The lowest BCUT2D eigenvalue weighted by Gasteiger charge is -2.03. The van der Waals surface area contributed by atoms with E-state index in [-0.39, 0.29) is 85.4 Å². The number of rotatable bonds is 10. The number of oxazole rings is 2. The maximum Gasteiger partial charge on any atom is 0.417 e. The fraction of sp³-hybridized carbons (Fsp3) is 0.152. The molecule has 0 fully saturated rings. The summed E-state index contributed by atoms with van der Waals surface area (Å²) in [5, 5.41) is 37.7. The largest absolute Gasteiger partial charge is 0.507 e. The van der Waals surface area contributed by atoms with Crippen molar-refractivity contribution >= 4 is 74.2 Å². The van der Waals surface area contributed by atoms with Crippen molar-refractivity contribution < 1.29 is 89.3 Å². The average Bonchev–Trinajstić information content (AvgIpc) is 3.89. The number of Topliss-reactive ketones (excluding diaryl/α,β-unsaturated/α-hetero) is 6. The zero-order chi connectivity index (χ0) is 54.5. The summed E-state index contributed by atoms with van der Waals surface area (Å²) in [4.78, 5) is 113. The summed E-state index contributed by atoms with van der Waals surface area (Å²) in [7, 11) is 0. The van der Waals surface area contributed by atoms with E-state index >= 15 is 0 Å². The third kappa shape index (κ3) is 14.2. The summed E-state index contributed by atoms with van der Waals surface area (Å²) < 4.78 is 78.2. The monoisotopic (exact) mass is 1010 g/mol. The number of hydrogen-bond donors (Lipinski definition) is 6. The van der Waals surface area contributed by atoms with Crippen LogP contribution in [0, 0.1) is 39.2 Å². The Morgan fingerprint density at radius 1 is 0.625 bits per heavy atom. The zero-order valence-electron chi connectivity index (χ0n) is 37.7. The number of phenols is 3. The quantitative estimate of drug-likeness (QED) is 0.00913. The number of nitrogens with zero attached hydrogens (tertiary/aromatic N) is 1. The molecular formula is C46H37F5N4O17. The van der Waals surface area contributed by atoms with E-state index < -0.39 is 92.4 Å². The lowest BCUT2D eigenvalue weighted by atomic mass is 10.0. The third-order valence-electron chi connectivity index (χ3n) is 9.11. The molecule has 0 unspecified atom stereocenters. The number of H-pyrrole nitrogens is 2. The second-order valence-corrected chi connectivity index (χ2v) is 14.2. The second-order valence-electron chi connectivity index (χ2n) is 14.2. The number of ether oxygens (including phenoxy) is 1. The fourth-order valence-electron chi connectivity index (χ4n) is 5.71. The van der Waals surface area contributed by atoms with Crippen LogP contribution in [0.25, 0.3) is 22.2 Å². The number of aromatic hydroxyl groups is 3. The van der Waals surface area contributed by atoms with Crippen molar-refractivity contribution in [2.24, 2.45) is 0 Å². The van der Waals surface area contributed by atoms with Crippen LogP contribution >= 0.6 is 0 Å². The Balaban J connectivity index is 0.000000243. The fourth-order valence-corrected chi connectivity index (χ4v) is 5.71. The standard InChI is InChI=1S/C13H10FNO6.C9H6FNO3.C8H6FNO4.C8H8FNO2.C8H7FO2/c1-2-20-12(18)9(17)5-8(16)6-3-4-7(14)10-11(6)21-13(19)15-10;1-4(12)5-2-3-6(10)7-8(5)14-9(13)11-7;1-4(11)5-2-3-6(9)7(8(5)12)10(13)14;1-4(11)5-2-3-6(9)7(10)8(5)12;1-5(10)7-3-2-6(9)4-8(7)11/h3-4H,2,5H2,1H3,(H,15,19);2-3H,1H3,(H,11,13);2-3,12H,1H3;2-3,12H,10H2,1H3;2-4,11H,1H3. The predicted octanol–water partition coefficient (Wildman–Crippen LogP) is 7.12. The van der Waals surface area contributed by atoms with Crippen molar-refractivity contribution in [2.75, 3.05) is 12.3 Å². The molecule has 0 saturated heterocycles. The highest BCUT2D eigenvalue weighted by Crippen LogP contribution is 2.32. The Kier molecular flexibility index (Phi) is 19.4. The van der Waals surface area contributed by atoms with Crippen LogP contribution < -0.4 is 17.2 Å². The molecule has 7 N–H and O–H groups in total. The molecule has 0 spiro atoms. The number of phenolic OH excluding ortho intramolecular Hbond substituents is 3. The van der Waals surface area contributed by atoms with Crippen molar-refractivity contribution in [2.45, 2.75) is 41.0 Å². The number of nitrogen functional groups attached to an aromatic ring is 1. The number of nitro benzene ring substituents is 1. The highest BCUT2D eigenvalue weighted by atomic mass is 19.1. The van der Waals surface area contributed by atoms with E-state index in [1.54, 1.807) is 0 Å². The first-order valence-corrected chi connectivity index (χ1v) is 19.9. The van der Waals surface area contributed by atoms with E-state index in [1.165, 1.54) is 45.9 Å². The number of fused-ring (bicyclic) bond motifs is 2. The van der Waals surface area contributed by atoms with Crippen LogP contribution in [0.5, 0.6) is 17.2 Å². The molecule has 0 atom stereocenters. The third-order valence-corrected chi connectivity index (χ3v) is 9.11. The molecule has 0 bridgehead atoms. The molecule has 0 radical (unpaired) electrons. The van der Waals surface area contributed by atoms with Crippen LogP contribution in [0.2, 0.25) is 0 Å². The Labute approximate surface area is 398 Å². The van der Waals surface area contributed by atoms with Gasteiger partial charge in [-0.25, -0.2) is 31.9 Å². The van der Waals surface area contributed by atoms with E-state index in [0.29, 0.717) is 0 Å². The van der Waals surface area contributed by atoms with Crippen molar-refractivity contribution in [3.8, 4) is 17.2 Å². The molecule has 5 aromatic carbocycles. The summed E-state index contributed by atoms with van der Waals surface area (Å²) in [6.07, 6.45) is -0.755. The number of nitrogens with two attached hydrogens (primary N) is 1. The van der Waals surface area contributed by atoms with Gasteiger partial charge in [-0.1, -0.05) is 0 Å². The van der Waals surface area contributed by atoms with Crippen molar-refractivity contribution in [3.05, 3.63) is 155 Å². The maximum atomic E-state index is 13.5. The smallest absolute Gasteiger partial charge is 0.417 e. The molecule has 7 aromatic rings. The van der Waals surface area contributed by atoms with Gasteiger partial charge in [0.05, 0.1) is 45.8 Å². The molecule has 7 rings (SSSR count). The van der Waals surface area contributed by atoms with Gasteiger partial charge in [-0.2, -0.15) is 4.39 Å². The van der Waals surface area contributed by atoms with Gasteiger partial charge in [-0.3, -0.25) is 48.8 Å². The van der Waals surface area contributed by atoms with E-state index in [1.807, 2.05) is 0 Å². The molecule has 0 aliphatic rings. The van der Waals surface area contributed by atoms with Crippen molar-refractivity contribution in [1.29, 1.82) is 0 Å². The summed E-state index contributed by atoms with van der Waals surface area (Å²) in [5.41, 5.74) is 2.98. The van der Waals surface area contributed by atoms with Gasteiger partial charge in [-0.05, 0) is 95.3 Å². The molecule has 2 aromatic heterocycles. The summed E-state index contributed by atoms with van der Waals surface area (Å²) >= 11 is 0. The number of halogens is 5. The first-order chi connectivity index (χ1) is 33.6. The molecule has 378 valence electrons. The van der Waals surface area contributed by atoms with Crippen LogP contribution in [0.15, 0.2) is 85.2 Å². The number of carbonyl (C=O) groups is 7. The highest BCUT2D eigenvalue weighted by Gasteiger charge is 2.26. The molecule has 0 saturated carbocycles. The molecule has 26 heteroatoms. The number of anilines is 1. The van der Waals surface area contributed by atoms with Gasteiger partial charge in [0.25, 0.3) is 0 Å². The Hall–Kier alpha value is -9.62. The summed E-state index contributed by atoms with van der Waals surface area (Å²) in [6, 6.07) is 11.8. The lowest BCUT2D eigenvalue weighted by Crippen LogP contribution is -2.20. The lowest BCUT2D eigenvalue weighted by molar-refractivity contribution is -0.388. The van der Waals surface area contributed by atoms with Crippen molar-refractivity contribution in [1.82, 2.24) is 9.97 Å². The van der Waals surface area contributed by atoms with Gasteiger partial charge in [-0.15, -0.1) is 0 Å². The molecule has 0 amide bonds. The minimum atomic E-state index is -1.17. The van der Waals surface area contributed by atoms with Gasteiger partial charge >= 0.3 is 23.2 Å². The van der Waals surface area contributed by atoms with Crippen LogP contribution in [0.4, 0.5) is 33.3 Å². The Morgan fingerprint density at radius 2 is 1.04 bits per heavy atom. The number of nitro groups is 1. The first-order valence-electron chi connectivity index (χ1n) is 19.9. The van der Waals surface area contributed by atoms with Crippen molar-refractivity contribution in [3.63, 3.8) is 0 Å². The predicted molar refractivity (Wildman–Crippen MR) is 239 cm³/mol.